The zero-order valence-corrected chi connectivity index (χ0v) is 16.2. The molecule has 1 aliphatic heterocycles. The van der Waals surface area contributed by atoms with Crippen LogP contribution in [0.25, 0.3) is 0 Å². The molecule has 140 valence electrons. The second-order valence-electron chi connectivity index (χ2n) is 7.66. The van der Waals surface area contributed by atoms with Gasteiger partial charge in [0.15, 0.2) is 5.82 Å². The summed E-state index contributed by atoms with van der Waals surface area (Å²) in [6.45, 7) is 11.0. The number of aryl methyl sites for hydroxylation is 2. The summed E-state index contributed by atoms with van der Waals surface area (Å²) in [5, 5.41) is 15.4. The quantitative estimate of drug-likeness (QED) is 0.865. The van der Waals surface area contributed by atoms with Crippen LogP contribution in [0.4, 0.5) is 0 Å². The second kappa shape index (κ2) is 7.99. The molecule has 0 bridgehead atoms. The van der Waals surface area contributed by atoms with Gasteiger partial charge in [0.25, 0.3) is 5.91 Å². The van der Waals surface area contributed by atoms with E-state index in [0.717, 1.165) is 55.3 Å². The zero-order valence-electron chi connectivity index (χ0n) is 16.2. The molecule has 26 heavy (non-hydrogen) atoms. The highest BCUT2D eigenvalue weighted by Crippen LogP contribution is 2.22. The van der Waals surface area contributed by atoms with Crippen LogP contribution < -0.4 is 10.6 Å². The number of aromatic nitrogens is 3. The molecular formula is C20H29N5O. The van der Waals surface area contributed by atoms with Crippen molar-refractivity contribution in [3.05, 3.63) is 46.5 Å². The van der Waals surface area contributed by atoms with E-state index in [1.165, 1.54) is 0 Å². The Balaban J connectivity index is 1.87. The first-order valence-electron chi connectivity index (χ1n) is 9.46. The van der Waals surface area contributed by atoms with Crippen molar-refractivity contribution in [1.29, 1.82) is 0 Å². The molecule has 0 saturated heterocycles. The number of benzene rings is 1. The zero-order chi connectivity index (χ0) is 18.7. The van der Waals surface area contributed by atoms with Gasteiger partial charge < -0.3 is 15.2 Å². The first-order chi connectivity index (χ1) is 12.4. The number of rotatable bonds is 5. The Bertz CT molecular complexity index is 760. The topological polar surface area (TPSA) is 71.8 Å². The lowest BCUT2D eigenvalue weighted by molar-refractivity contribution is 0.0928. The lowest BCUT2D eigenvalue weighted by atomic mass is 10.0. The van der Waals surface area contributed by atoms with Gasteiger partial charge in [-0.05, 0) is 38.3 Å². The fourth-order valence-electron chi connectivity index (χ4n) is 3.60. The van der Waals surface area contributed by atoms with Gasteiger partial charge >= 0.3 is 0 Å². The first kappa shape index (κ1) is 18.6. The molecule has 2 aromatic rings. The van der Waals surface area contributed by atoms with Crippen LogP contribution in [-0.2, 0) is 13.0 Å². The van der Waals surface area contributed by atoms with Crippen LogP contribution in [0.5, 0.6) is 0 Å². The minimum atomic E-state index is -0.136. The molecule has 0 radical (unpaired) electrons. The van der Waals surface area contributed by atoms with Crippen molar-refractivity contribution in [2.24, 2.45) is 5.92 Å². The molecule has 2 heterocycles. The van der Waals surface area contributed by atoms with E-state index < -0.39 is 0 Å². The van der Waals surface area contributed by atoms with E-state index in [4.69, 9.17) is 0 Å². The molecule has 1 aromatic heterocycles. The van der Waals surface area contributed by atoms with Crippen LogP contribution in [0.1, 0.15) is 59.4 Å². The Morgan fingerprint density at radius 2 is 1.92 bits per heavy atom. The molecule has 1 atom stereocenters. The molecule has 0 spiro atoms. The van der Waals surface area contributed by atoms with Crippen LogP contribution in [0.3, 0.4) is 0 Å². The minimum Gasteiger partial charge on any atom is -0.342 e. The largest absolute Gasteiger partial charge is 0.342 e. The molecule has 0 saturated carbocycles. The summed E-state index contributed by atoms with van der Waals surface area (Å²) in [6, 6.07) is 5.81. The van der Waals surface area contributed by atoms with E-state index in [1.807, 2.05) is 26.0 Å². The maximum atomic E-state index is 12.9. The Hall–Kier alpha value is -2.21. The van der Waals surface area contributed by atoms with E-state index in [9.17, 15) is 4.79 Å². The van der Waals surface area contributed by atoms with Gasteiger partial charge in [0.1, 0.15) is 5.82 Å². The molecular weight excluding hydrogens is 326 g/mol. The molecule has 2 N–H and O–H groups in total. The summed E-state index contributed by atoms with van der Waals surface area (Å²) in [6.07, 6.45) is 1.70. The Morgan fingerprint density at radius 3 is 2.62 bits per heavy atom. The van der Waals surface area contributed by atoms with Crippen molar-refractivity contribution in [2.45, 2.75) is 53.1 Å². The molecule has 0 unspecified atom stereocenters. The Morgan fingerprint density at radius 1 is 1.19 bits per heavy atom. The minimum absolute atomic E-state index is 0.0495. The number of nitrogens with zero attached hydrogens (tertiary/aromatic N) is 3. The molecule has 0 fully saturated rings. The Labute approximate surface area is 155 Å². The van der Waals surface area contributed by atoms with E-state index in [0.29, 0.717) is 11.5 Å². The third kappa shape index (κ3) is 4.30. The van der Waals surface area contributed by atoms with Crippen LogP contribution in [0.2, 0.25) is 0 Å². The van der Waals surface area contributed by atoms with E-state index in [-0.39, 0.29) is 11.9 Å². The summed E-state index contributed by atoms with van der Waals surface area (Å²) < 4.78 is 2.18. The fraction of sp³-hybridized carbons (Fsp3) is 0.550. The number of amides is 1. The summed E-state index contributed by atoms with van der Waals surface area (Å²) in [7, 11) is 0. The van der Waals surface area contributed by atoms with Gasteiger partial charge in [-0.15, -0.1) is 10.2 Å². The van der Waals surface area contributed by atoms with Crippen LogP contribution in [0, 0.1) is 19.8 Å². The predicted octanol–water partition coefficient (Wildman–Crippen LogP) is 2.56. The molecule has 1 aromatic carbocycles. The lowest BCUT2D eigenvalue weighted by Crippen LogP contribution is -2.32. The van der Waals surface area contributed by atoms with Crippen LogP contribution in [0.15, 0.2) is 18.2 Å². The average Bonchev–Trinajstić information content (AvgIpc) is 2.81. The van der Waals surface area contributed by atoms with Crippen molar-refractivity contribution in [1.82, 2.24) is 25.4 Å². The normalized spacial score (nSPS) is 15.4. The number of fused-ring (bicyclic) bond motifs is 1. The fourth-order valence-corrected chi connectivity index (χ4v) is 3.60. The summed E-state index contributed by atoms with van der Waals surface area (Å²) in [5.74, 6) is 2.26. The van der Waals surface area contributed by atoms with Crippen molar-refractivity contribution in [2.75, 3.05) is 13.1 Å². The standard InChI is InChI=1S/C20H29N5O/c1-13(2)9-17(19-24-23-18-5-6-21-7-8-25(18)19)22-20(26)16-11-14(3)10-15(4)12-16/h10-13,17,21H,5-9H2,1-4H3,(H,22,26)/t17-/m0/s1. The predicted molar refractivity (Wildman–Crippen MR) is 102 cm³/mol. The van der Waals surface area contributed by atoms with Crippen molar-refractivity contribution >= 4 is 5.91 Å². The summed E-state index contributed by atoms with van der Waals surface area (Å²) in [4.78, 5) is 12.9. The number of hydrogen-bond donors (Lipinski definition) is 2. The van der Waals surface area contributed by atoms with Crippen LogP contribution in [-0.4, -0.2) is 33.8 Å². The SMILES string of the molecule is Cc1cc(C)cc(C(=O)N[C@@H](CC(C)C)c2nnc3n2CCNCC3)c1. The van der Waals surface area contributed by atoms with Gasteiger partial charge in [-0.25, -0.2) is 0 Å². The lowest BCUT2D eigenvalue weighted by Gasteiger charge is -2.21. The highest BCUT2D eigenvalue weighted by Gasteiger charge is 2.25. The molecule has 1 aliphatic rings. The van der Waals surface area contributed by atoms with Crippen molar-refractivity contribution in [3.8, 4) is 0 Å². The maximum absolute atomic E-state index is 12.9. The smallest absolute Gasteiger partial charge is 0.251 e. The summed E-state index contributed by atoms with van der Waals surface area (Å²) in [5.41, 5.74) is 2.89. The van der Waals surface area contributed by atoms with Gasteiger partial charge in [0.05, 0.1) is 6.04 Å². The summed E-state index contributed by atoms with van der Waals surface area (Å²) >= 11 is 0. The van der Waals surface area contributed by atoms with Crippen molar-refractivity contribution in [3.63, 3.8) is 0 Å². The number of carbonyl (C=O) groups excluding carboxylic acids is 1. The van der Waals surface area contributed by atoms with E-state index >= 15 is 0 Å². The van der Waals surface area contributed by atoms with Crippen LogP contribution >= 0.6 is 0 Å². The number of carbonyl (C=O) groups is 1. The second-order valence-corrected chi connectivity index (χ2v) is 7.66. The average molecular weight is 355 g/mol. The number of nitrogens with one attached hydrogen (secondary N) is 2. The Kier molecular flexibility index (Phi) is 5.71. The van der Waals surface area contributed by atoms with Gasteiger partial charge in [-0.1, -0.05) is 31.0 Å². The molecule has 6 heteroatoms. The molecule has 1 amide bonds. The van der Waals surface area contributed by atoms with Gasteiger partial charge in [-0.2, -0.15) is 0 Å². The maximum Gasteiger partial charge on any atom is 0.251 e. The third-order valence-corrected chi connectivity index (χ3v) is 4.70. The number of hydrogen-bond acceptors (Lipinski definition) is 4. The van der Waals surface area contributed by atoms with E-state index in [2.05, 4.69) is 45.3 Å². The van der Waals surface area contributed by atoms with Crippen molar-refractivity contribution < 1.29 is 4.79 Å². The molecule has 3 rings (SSSR count). The van der Waals surface area contributed by atoms with E-state index in [1.54, 1.807) is 0 Å². The first-order valence-corrected chi connectivity index (χ1v) is 9.46. The molecule has 0 aliphatic carbocycles. The van der Waals surface area contributed by atoms with Gasteiger partial charge in [-0.3, -0.25) is 4.79 Å². The highest BCUT2D eigenvalue weighted by atomic mass is 16.1. The van der Waals surface area contributed by atoms with Gasteiger partial charge in [0, 0.05) is 31.6 Å². The highest BCUT2D eigenvalue weighted by molar-refractivity contribution is 5.94. The monoisotopic (exact) mass is 355 g/mol. The van der Waals surface area contributed by atoms with Gasteiger partial charge in [0.2, 0.25) is 0 Å². The third-order valence-electron chi connectivity index (χ3n) is 4.70. The molecule has 6 nitrogen and oxygen atoms in total.